The Labute approximate surface area is 282 Å². The van der Waals surface area contributed by atoms with Crippen molar-refractivity contribution in [3.05, 3.63) is 0 Å². The number of likely N-dealkylation sites (tertiary alicyclic amines) is 1. The van der Waals surface area contributed by atoms with E-state index < -0.39 is 83.8 Å². The lowest BCUT2D eigenvalue weighted by Crippen LogP contribution is -2.62. The molecule has 0 aromatic heterocycles. The van der Waals surface area contributed by atoms with Crippen molar-refractivity contribution in [2.75, 3.05) is 25.1 Å². The summed E-state index contributed by atoms with van der Waals surface area (Å²) >= 11 is 1.47. The number of unbranched alkanes of at least 4 members (excludes halogenated alkanes) is 1. The highest BCUT2D eigenvalue weighted by molar-refractivity contribution is 7.98. The van der Waals surface area contributed by atoms with E-state index in [4.69, 9.17) is 11.5 Å². The van der Waals surface area contributed by atoms with Crippen molar-refractivity contribution < 1.29 is 39.0 Å². The van der Waals surface area contributed by atoms with E-state index in [0.29, 0.717) is 44.4 Å². The SMILES string of the molecule is CC[C@H](C)[C@H](NC(=O)[C@@H](NC(=O)[C@@H](N)C(C)C)[C@@H](C)O)C(=O)N[C@@H](CCSC)C(=O)N1CCC[C@H]1C(=O)N[C@@H](CCCCN)C(=O)O. The van der Waals surface area contributed by atoms with Gasteiger partial charge in [0.05, 0.1) is 12.1 Å². The van der Waals surface area contributed by atoms with Gasteiger partial charge >= 0.3 is 5.97 Å². The molecule has 0 aliphatic carbocycles. The molecular weight excluding hydrogens is 630 g/mol. The van der Waals surface area contributed by atoms with Crippen LogP contribution in [0.5, 0.6) is 0 Å². The van der Waals surface area contributed by atoms with Crippen molar-refractivity contribution in [1.29, 1.82) is 0 Å². The Bertz CT molecular complexity index is 1060. The van der Waals surface area contributed by atoms with Crippen LogP contribution in [0.1, 0.15) is 79.6 Å². The predicted octanol–water partition coefficient (Wildman–Crippen LogP) is -0.706. The van der Waals surface area contributed by atoms with E-state index in [1.807, 2.05) is 13.2 Å². The average Bonchev–Trinajstić information content (AvgIpc) is 3.52. The van der Waals surface area contributed by atoms with Crippen LogP contribution < -0.4 is 32.7 Å². The summed E-state index contributed by atoms with van der Waals surface area (Å²) in [5, 5.41) is 30.4. The Hall–Kier alpha value is -2.95. The van der Waals surface area contributed by atoms with E-state index in [9.17, 15) is 39.0 Å². The number of nitrogens with one attached hydrogen (secondary N) is 4. The number of carbonyl (C=O) groups excluding carboxylic acids is 5. The van der Waals surface area contributed by atoms with Gasteiger partial charge in [-0.15, -0.1) is 0 Å². The minimum atomic E-state index is -1.38. The molecule has 0 unspecified atom stereocenters. The van der Waals surface area contributed by atoms with Crippen molar-refractivity contribution in [3.63, 3.8) is 0 Å². The van der Waals surface area contributed by atoms with Crippen molar-refractivity contribution >= 4 is 47.3 Å². The molecule has 1 fully saturated rings. The Kier molecular flexibility index (Phi) is 18.9. The smallest absolute Gasteiger partial charge is 0.326 e. The molecule has 10 N–H and O–H groups in total. The standard InChI is InChI=1S/C31H57N7O8S/c1-7-18(4)24(36-29(43)25(19(5)39)37-27(41)23(33)17(2)3)28(42)34-20(13-16-47-6)30(44)38-15-10-12-22(38)26(40)35-21(31(45)46)11-8-9-14-32/h17-25,39H,7-16,32-33H2,1-6H3,(H,34,42)(H,35,40)(H,36,43)(H,37,41)(H,45,46)/t18-,19+,20-,21-,22-,23-,24-,25-/m0/s1. The monoisotopic (exact) mass is 687 g/mol. The molecule has 1 saturated heterocycles. The largest absolute Gasteiger partial charge is 0.480 e. The van der Waals surface area contributed by atoms with Crippen LogP contribution >= 0.6 is 11.8 Å². The number of hydrogen-bond donors (Lipinski definition) is 8. The van der Waals surface area contributed by atoms with E-state index in [1.54, 1.807) is 20.8 Å². The summed E-state index contributed by atoms with van der Waals surface area (Å²) in [4.78, 5) is 79.8. The normalized spacial score (nSPS) is 19.1. The molecular formula is C31H57N7O8S. The molecule has 0 spiro atoms. The molecule has 1 rings (SSSR count). The fraction of sp³-hybridized carbons (Fsp3) is 0.806. The van der Waals surface area contributed by atoms with E-state index in [1.165, 1.54) is 23.6 Å². The van der Waals surface area contributed by atoms with Gasteiger partial charge in [-0.2, -0.15) is 11.8 Å². The molecule has 8 atom stereocenters. The number of hydrogen-bond acceptors (Lipinski definition) is 10. The second kappa shape index (κ2) is 21.1. The topological polar surface area (TPSA) is 246 Å². The molecule has 1 heterocycles. The molecule has 1 aliphatic rings. The van der Waals surface area contributed by atoms with Crippen LogP contribution in [-0.2, 0) is 28.8 Å². The highest BCUT2D eigenvalue weighted by atomic mass is 32.2. The number of rotatable bonds is 21. The Balaban J connectivity index is 3.17. The Morgan fingerprint density at radius 1 is 0.894 bits per heavy atom. The molecule has 0 aromatic carbocycles. The molecule has 0 aromatic rings. The number of aliphatic hydroxyl groups excluding tert-OH is 1. The number of amides is 5. The molecule has 0 radical (unpaired) electrons. The molecule has 0 saturated carbocycles. The van der Waals surface area contributed by atoms with Gasteiger partial charge in [0.25, 0.3) is 0 Å². The number of aliphatic hydroxyl groups is 1. The zero-order valence-corrected chi connectivity index (χ0v) is 29.4. The molecule has 15 nitrogen and oxygen atoms in total. The number of carboxylic acids is 1. The van der Waals surface area contributed by atoms with Gasteiger partial charge in [0.15, 0.2) is 0 Å². The number of aliphatic carboxylic acids is 1. The molecule has 47 heavy (non-hydrogen) atoms. The maximum absolute atomic E-state index is 13.9. The second-order valence-electron chi connectivity index (χ2n) is 12.6. The second-order valence-corrected chi connectivity index (χ2v) is 13.6. The average molecular weight is 688 g/mol. The van der Waals surface area contributed by atoms with Gasteiger partial charge < -0.3 is 47.8 Å². The van der Waals surface area contributed by atoms with Crippen LogP contribution in [0.3, 0.4) is 0 Å². The van der Waals surface area contributed by atoms with Crippen LogP contribution in [0, 0.1) is 11.8 Å². The maximum Gasteiger partial charge on any atom is 0.326 e. The molecule has 0 bridgehead atoms. The highest BCUT2D eigenvalue weighted by Gasteiger charge is 2.40. The quantitative estimate of drug-likeness (QED) is 0.0701. The molecule has 16 heteroatoms. The van der Waals surface area contributed by atoms with Gasteiger partial charge in [0.2, 0.25) is 29.5 Å². The van der Waals surface area contributed by atoms with E-state index in [-0.39, 0.29) is 25.3 Å². The zero-order valence-electron chi connectivity index (χ0n) is 28.6. The lowest BCUT2D eigenvalue weighted by molar-refractivity contribution is -0.145. The fourth-order valence-corrected chi connectivity index (χ4v) is 5.65. The first-order chi connectivity index (χ1) is 22.1. The first-order valence-corrected chi connectivity index (χ1v) is 17.9. The zero-order chi connectivity index (χ0) is 35.8. The first kappa shape index (κ1) is 42.1. The van der Waals surface area contributed by atoms with Crippen LogP contribution in [0.15, 0.2) is 0 Å². The lowest BCUT2D eigenvalue weighted by Gasteiger charge is -2.32. The van der Waals surface area contributed by atoms with Crippen molar-refractivity contribution in [3.8, 4) is 0 Å². The maximum atomic E-state index is 13.9. The van der Waals surface area contributed by atoms with Gasteiger partial charge in [-0.1, -0.05) is 34.1 Å². The van der Waals surface area contributed by atoms with Gasteiger partial charge in [-0.25, -0.2) is 4.79 Å². The van der Waals surface area contributed by atoms with Crippen LogP contribution in [0.2, 0.25) is 0 Å². The Morgan fingerprint density at radius 3 is 2.04 bits per heavy atom. The summed E-state index contributed by atoms with van der Waals surface area (Å²) in [5.41, 5.74) is 11.4. The number of nitrogens with zero attached hydrogens (tertiary/aromatic N) is 1. The fourth-order valence-electron chi connectivity index (χ4n) is 5.18. The highest BCUT2D eigenvalue weighted by Crippen LogP contribution is 2.21. The lowest BCUT2D eigenvalue weighted by atomic mass is 9.96. The van der Waals surface area contributed by atoms with Crippen LogP contribution in [0.4, 0.5) is 0 Å². The van der Waals surface area contributed by atoms with Crippen molar-refractivity contribution in [2.24, 2.45) is 23.3 Å². The minimum Gasteiger partial charge on any atom is -0.480 e. The third-order valence-electron chi connectivity index (χ3n) is 8.50. The summed E-state index contributed by atoms with van der Waals surface area (Å²) in [6, 6.07) is -6.45. The van der Waals surface area contributed by atoms with Crippen LogP contribution in [-0.4, -0.2) is 118 Å². The summed E-state index contributed by atoms with van der Waals surface area (Å²) in [6.07, 6.45) is 3.49. The summed E-state index contributed by atoms with van der Waals surface area (Å²) in [5.74, 6) is -4.36. The van der Waals surface area contributed by atoms with E-state index in [2.05, 4.69) is 21.3 Å². The molecule has 5 amide bonds. The van der Waals surface area contributed by atoms with E-state index in [0.717, 1.165) is 0 Å². The third-order valence-corrected chi connectivity index (χ3v) is 9.15. The minimum absolute atomic E-state index is 0.207. The Morgan fingerprint density at radius 2 is 1.51 bits per heavy atom. The number of carboxylic acid groups (broad SMARTS) is 1. The summed E-state index contributed by atoms with van der Waals surface area (Å²) < 4.78 is 0. The third kappa shape index (κ3) is 13.2. The summed E-state index contributed by atoms with van der Waals surface area (Å²) in [6.45, 7) is 9.07. The van der Waals surface area contributed by atoms with E-state index >= 15 is 0 Å². The number of thioether (sulfide) groups is 1. The molecule has 1 aliphatic heterocycles. The van der Waals surface area contributed by atoms with Gasteiger partial charge in [0.1, 0.15) is 30.2 Å². The number of nitrogens with two attached hydrogens (primary N) is 2. The number of carbonyl (C=O) groups is 6. The van der Waals surface area contributed by atoms with Gasteiger partial charge in [-0.3, -0.25) is 24.0 Å². The van der Waals surface area contributed by atoms with Crippen LogP contribution in [0.25, 0.3) is 0 Å². The van der Waals surface area contributed by atoms with Gasteiger partial charge in [0, 0.05) is 6.54 Å². The van der Waals surface area contributed by atoms with Gasteiger partial charge in [-0.05, 0) is 75.8 Å². The first-order valence-electron chi connectivity index (χ1n) is 16.5. The predicted molar refractivity (Wildman–Crippen MR) is 180 cm³/mol. The van der Waals surface area contributed by atoms with Crippen molar-refractivity contribution in [2.45, 2.75) is 122 Å². The molecule has 270 valence electrons. The summed E-state index contributed by atoms with van der Waals surface area (Å²) in [7, 11) is 0. The van der Waals surface area contributed by atoms with Crippen molar-refractivity contribution in [1.82, 2.24) is 26.2 Å².